The first-order valence-corrected chi connectivity index (χ1v) is 9.82. The second kappa shape index (κ2) is 7.99. The number of aryl methyl sites for hydroxylation is 1. The molecule has 2 aromatic carbocycles. The predicted molar refractivity (Wildman–Crippen MR) is 116 cm³/mol. The van der Waals surface area contributed by atoms with Gasteiger partial charge in [-0.2, -0.15) is 13.2 Å². The monoisotopic (exact) mass is 439 g/mol. The van der Waals surface area contributed by atoms with Gasteiger partial charge in [-0.1, -0.05) is 36.4 Å². The number of carbonyl (C=O) groups excluding carboxylic acids is 1. The van der Waals surface area contributed by atoms with Crippen LogP contribution in [0.5, 0.6) is 0 Å². The number of amides is 1. The van der Waals surface area contributed by atoms with Crippen LogP contribution in [-0.2, 0) is 12.7 Å². The number of H-pyrrole nitrogens is 1. The van der Waals surface area contributed by atoms with Crippen molar-refractivity contribution >= 4 is 22.6 Å². The van der Waals surface area contributed by atoms with Crippen LogP contribution >= 0.6 is 0 Å². The van der Waals surface area contributed by atoms with Gasteiger partial charge in [0.15, 0.2) is 11.5 Å². The Bertz CT molecular complexity index is 1310. The number of aromatic nitrogens is 3. The molecule has 0 saturated carbocycles. The Morgan fingerprint density at radius 3 is 2.44 bits per heavy atom. The quantitative estimate of drug-likeness (QED) is 0.409. The Morgan fingerprint density at radius 2 is 1.78 bits per heavy atom. The van der Waals surface area contributed by atoms with Crippen LogP contribution < -0.4 is 11.1 Å². The number of hydrogen-bond acceptors (Lipinski definition) is 4. The number of hydrogen-bond donors (Lipinski definition) is 3. The van der Waals surface area contributed by atoms with Gasteiger partial charge in [0.1, 0.15) is 5.82 Å². The lowest BCUT2D eigenvalue weighted by Gasteiger charge is -2.16. The molecule has 1 amide bonds. The van der Waals surface area contributed by atoms with Gasteiger partial charge in [-0.15, -0.1) is 0 Å². The molecule has 0 aliphatic rings. The molecule has 0 fully saturated rings. The van der Waals surface area contributed by atoms with Gasteiger partial charge in [0.05, 0.1) is 0 Å². The first-order valence-electron chi connectivity index (χ1n) is 9.82. The second-order valence-corrected chi connectivity index (χ2v) is 7.42. The van der Waals surface area contributed by atoms with Gasteiger partial charge in [0.25, 0.3) is 0 Å². The maximum Gasteiger partial charge on any atom is 0.433 e. The highest BCUT2D eigenvalue weighted by atomic mass is 19.4. The molecule has 4 rings (SSSR count). The summed E-state index contributed by atoms with van der Waals surface area (Å²) in [7, 11) is 0. The molecule has 0 radical (unpaired) electrons. The molecule has 32 heavy (non-hydrogen) atoms. The third kappa shape index (κ3) is 3.89. The minimum Gasteiger partial charge on any atom is -0.366 e. The largest absolute Gasteiger partial charge is 0.433 e. The van der Waals surface area contributed by atoms with Crippen molar-refractivity contribution in [2.24, 2.45) is 5.73 Å². The van der Waals surface area contributed by atoms with E-state index in [1.54, 1.807) is 19.1 Å². The number of halogens is 3. The van der Waals surface area contributed by atoms with E-state index in [0.29, 0.717) is 22.2 Å². The van der Waals surface area contributed by atoms with Crippen LogP contribution in [0.15, 0.2) is 48.5 Å². The molecule has 2 aromatic heterocycles. The summed E-state index contributed by atoms with van der Waals surface area (Å²) in [4.78, 5) is 23.4. The van der Waals surface area contributed by atoms with Crippen molar-refractivity contribution in [3.8, 4) is 11.4 Å². The van der Waals surface area contributed by atoms with E-state index >= 15 is 0 Å². The molecule has 0 aliphatic heterocycles. The maximum atomic E-state index is 13.8. The van der Waals surface area contributed by atoms with E-state index in [0.717, 1.165) is 5.56 Å². The number of rotatable bonds is 5. The van der Waals surface area contributed by atoms with Crippen molar-refractivity contribution in [3.05, 3.63) is 76.6 Å². The van der Waals surface area contributed by atoms with Gasteiger partial charge in [0.2, 0.25) is 5.91 Å². The molecule has 6 nitrogen and oxygen atoms in total. The number of alkyl halides is 3. The molecule has 0 atom stereocenters. The lowest BCUT2D eigenvalue weighted by molar-refractivity contribution is -0.141. The normalized spacial score (nSPS) is 11.7. The lowest BCUT2D eigenvalue weighted by Crippen LogP contribution is -2.16. The van der Waals surface area contributed by atoms with Crippen LogP contribution in [0.25, 0.3) is 22.3 Å². The van der Waals surface area contributed by atoms with Crippen LogP contribution in [-0.4, -0.2) is 20.9 Å². The fraction of sp³-hybridized carbons (Fsp3) is 0.174. The lowest BCUT2D eigenvalue weighted by atomic mass is 10.0. The average molecular weight is 439 g/mol. The van der Waals surface area contributed by atoms with Crippen LogP contribution in [0.3, 0.4) is 0 Å². The number of nitrogens with one attached hydrogen (secondary N) is 2. The number of primary amides is 1. The zero-order valence-corrected chi connectivity index (χ0v) is 17.3. The standard InChI is InChI=1S/C23H20F3N5O/c1-12-19(23(24,25)26)30-22(31-21(12)28-11-14-7-4-3-5-8-14)17-13(2)29-16-10-6-9-15(18(16)17)20(27)32/h3-10,29H,11H2,1-2H3,(H2,27,32)(H,28,30,31). The molecule has 164 valence electrons. The molecule has 0 saturated heterocycles. The molecule has 0 unspecified atom stereocenters. The number of benzene rings is 2. The number of fused-ring (bicyclic) bond motifs is 1. The predicted octanol–water partition coefficient (Wildman–Crippen LogP) is 4.97. The molecule has 0 aliphatic carbocycles. The Labute approximate surface area is 181 Å². The summed E-state index contributed by atoms with van der Waals surface area (Å²) in [6.45, 7) is 3.30. The van der Waals surface area contributed by atoms with Crippen molar-refractivity contribution in [1.82, 2.24) is 15.0 Å². The molecule has 9 heteroatoms. The van der Waals surface area contributed by atoms with Crippen LogP contribution in [0.4, 0.5) is 19.0 Å². The van der Waals surface area contributed by atoms with Gasteiger partial charge >= 0.3 is 6.18 Å². The molecule has 0 bridgehead atoms. The zero-order chi connectivity index (χ0) is 23.0. The van der Waals surface area contributed by atoms with E-state index in [9.17, 15) is 18.0 Å². The summed E-state index contributed by atoms with van der Waals surface area (Å²) in [5.41, 5.74) is 6.83. The van der Waals surface area contributed by atoms with Crippen molar-refractivity contribution < 1.29 is 18.0 Å². The van der Waals surface area contributed by atoms with Gasteiger partial charge in [0, 0.05) is 39.8 Å². The highest BCUT2D eigenvalue weighted by Crippen LogP contribution is 2.38. The fourth-order valence-electron chi connectivity index (χ4n) is 3.72. The summed E-state index contributed by atoms with van der Waals surface area (Å²) < 4.78 is 41.5. The van der Waals surface area contributed by atoms with Gasteiger partial charge < -0.3 is 16.0 Å². The second-order valence-electron chi connectivity index (χ2n) is 7.42. The molecular formula is C23H20F3N5O. The number of nitrogens with zero attached hydrogens (tertiary/aromatic N) is 2. The van der Waals surface area contributed by atoms with Gasteiger partial charge in [-0.3, -0.25) is 4.79 Å². The summed E-state index contributed by atoms with van der Waals surface area (Å²) in [6.07, 6.45) is -4.68. The van der Waals surface area contributed by atoms with Gasteiger partial charge in [-0.05, 0) is 31.5 Å². The molecular weight excluding hydrogens is 419 g/mol. The Hall–Kier alpha value is -3.88. The Kier molecular flexibility index (Phi) is 5.33. The number of nitrogens with two attached hydrogens (primary N) is 1. The summed E-state index contributed by atoms with van der Waals surface area (Å²) >= 11 is 0. The van der Waals surface area contributed by atoms with E-state index in [1.807, 2.05) is 30.3 Å². The van der Waals surface area contributed by atoms with E-state index in [1.165, 1.54) is 13.0 Å². The number of aromatic amines is 1. The smallest absolute Gasteiger partial charge is 0.366 e. The summed E-state index contributed by atoms with van der Waals surface area (Å²) in [5.74, 6) is -0.770. The minimum atomic E-state index is -4.68. The summed E-state index contributed by atoms with van der Waals surface area (Å²) in [5, 5.41) is 3.39. The topological polar surface area (TPSA) is 96.7 Å². The van der Waals surface area contributed by atoms with Crippen LogP contribution in [0, 0.1) is 13.8 Å². The van der Waals surface area contributed by atoms with Crippen molar-refractivity contribution in [1.29, 1.82) is 0 Å². The highest BCUT2D eigenvalue weighted by Gasteiger charge is 2.37. The van der Waals surface area contributed by atoms with Crippen LogP contribution in [0.2, 0.25) is 0 Å². The van der Waals surface area contributed by atoms with E-state index < -0.39 is 17.8 Å². The summed E-state index contributed by atoms with van der Waals surface area (Å²) in [6, 6.07) is 14.1. The van der Waals surface area contributed by atoms with Crippen molar-refractivity contribution in [3.63, 3.8) is 0 Å². The first kappa shape index (κ1) is 21.4. The third-order valence-electron chi connectivity index (χ3n) is 5.22. The number of carbonyl (C=O) groups is 1. The third-order valence-corrected chi connectivity index (χ3v) is 5.22. The van der Waals surface area contributed by atoms with Crippen molar-refractivity contribution in [2.45, 2.75) is 26.6 Å². The zero-order valence-electron chi connectivity index (χ0n) is 17.3. The molecule has 4 aromatic rings. The first-order chi connectivity index (χ1) is 15.2. The maximum absolute atomic E-state index is 13.8. The highest BCUT2D eigenvalue weighted by molar-refractivity contribution is 6.11. The van der Waals surface area contributed by atoms with Gasteiger partial charge in [-0.25, -0.2) is 9.97 Å². The minimum absolute atomic E-state index is 0.0662. The van der Waals surface area contributed by atoms with E-state index in [4.69, 9.17) is 5.73 Å². The van der Waals surface area contributed by atoms with Crippen LogP contribution in [0.1, 0.15) is 32.9 Å². The number of anilines is 1. The van der Waals surface area contributed by atoms with E-state index in [2.05, 4.69) is 20.3 Å². The van der Waals surface area contributed by atoms with E-state index in [-0.39, 0.29) is 29.3 Å². The Balaban J connectivity index is 1.92. The Morgan fingerprint density at radius 1 is 1.06 bits per heavy atom. The SMILES string of the molecule is Cc1[nH]c2cccc(C(N)=O)c2c1-c1nc(NCc2ccccc2)c(C)c(C(F)(F)F)n1. The molecule has 2 heterocycles. The molecule has 0 spiro atoms. The molecule has 4 N–H and O–H groups in total. The fourth-order valence-corrected chi connectivity index (χ4v) is 3.72. The van der Waals surface area contributed by atoms with Crippen molar-refractivity contribution in [2.75, 3.05) is 5.32 Å². The average Bonchev–Trinajstić information content (AvgIpc) is 3.08.